The Morgan fingerprint density at radius 2 is 1.83 bits per heavy atom. The van der Waals surface area contributed by atoms with E-state index in [2.05, 4.69) is 5.32 Å². The van der Waals surface area contributed by atoms with Crippen LogP contribution in [0.25, 0.3) is 6.08 Å². The van der Waals surface area contributed by atoms with Crippen LogP contribution in [0.15, 0.2) is 48.5 Å². The smallest absolute Gasteiger partial charge is 0.322 e. The monoisotopic (exact) mass is 359 g/mol. The van der Waals surface area contributed by atoms with E-state index in [0.717, 1.165) is 24.3 Å². The quantitative estimate of drug-likeness (QED) is 0.703. The van der Waals surface area contributed by atoms with Gasteiger partial charge in [-0.3, -0.25) is 4.79 Å². The molecule has 0 aromatic heterocycles. The molecule has 0 spiro atoms. The van der Waals surface area contributed by atoms with E-state index in [1.165, 1.54) is 6.08 Å². The van der Waals surface area contributed by atoms with Crippen molar-refractivity contribution in [2.45, 2.75) is 6.18 Å². The Morgan fingerprint density at radius 1 is 1.09 bits per heavy atom. The fourth-order valence-corrected chi connectivity index (χ4v) is 2.13. The number of alkyl halides is 3. The van der Waals surface area contributed by atoms with Gasteiger partial charge in [0.1, 0.15) is 0 Å². The third kappa shape index (κ3) is 5.01. The molecular formula is C16H10Cl2F3NO. The zero-order valence-corrected chi connectivity index (χ0v) is 13.0. The summed E-state index contributed by atoms with van der Waals surface area (Å²) in [5.74, 6) is -0.513. The molecule has 23 heavy (non-hydrogen) atoms. The summed E-state index contributed by atoms with van der Waals surface area (Å²) in [5.41, 5.74) is -0.262. The molecule has 0 heterocycles. The van der Waals surface area contributed by atoms with Crippen LogP contribution in [0.4, 0.5) is 18.9 Å². The molecule has 0 unspecified atom stereocenters. The Morgan fingerprint density at radius 3 is 2.48 bits per heavy atom. The molecule has 0 fully saturated rings. The predicted octanol–water partition coefficient (Wildman–Crippen LogP) is 5.66. The van der Waals surface area contributed by atoms with Crippen molar-refractivity contribution in [2.75, 3.05) is 5.32 Å². The molecule has 0 atom stereocenters. The van der Waals surface area contributed by atoms with Crippen LogP contribution in [0.5, 0.6) is 0 Å². The number of halogens is 5. The summed E-state index contributed by atoms with van der Waals surface area (Å²) in [6.45, 7) is 0. The van der Waals surface area contributed by atoms with Crippen LogP contribution in [-0.4, -0.2) is 5.91 Å². The van der Waals surface area contributed by atoms with Crippen molar-refractivity contribution in [2.24, 2.45) is 0 Å². The molecule has 2 aromatic carbocycles. The Hall–Kier alpha value is -1.98. The minimum Gasteiger partial charge on any atom is -0.322 e. The summed E-state index contributed by atoms with van der Waals surface area (Å²) < 4.78 is 38.0. The molecule has 2 nitrogen and oxygen atoms in total. The third-order valence-corrected chi connectivity index (χ3v) is 3.41. The zero-order valence-electron chi connectivity index (χ0n) is 11.5. The van der Waals surface area contributed by atoms with E-state index < -0.39 is 17.6 Å². The number of carbonyl (C=O) groups excluding carboxylic acids is 1. The van der Waals surface area contributed by atoms with Crippen LogP contribution >= 0.6 is 23.2 Å². The first kappa shape index (κ1) is 17.4. The minimum atomic E-state index is -4.48. The molecule has 2 aromatic rings. The maximum absolute atomic E-state index is 12.7. The van der Waals surface area contributed by atoms with Gasteiger partial charge in [0.25, 0.3) is 0 Å². The van der Waals surface area contributed by atoms with E-state index in [9.17, 15) is 18.0 Å². The highest BCUT2D eigenvalue weighted by molar-refractivity contribution is 6.32. The van der Waals surface area contributed by atoms with Gasteiger partial charge in [-0.2, -0.15) is 13.2 Å². The average Bonchev–Trinajstić information content (AvgIpc) is 2.45. The number of hydrogen-bond donors (Lipinski definition) is 1. The molecule has 120 valence electrons. The van der Waals surface area contributed by atoms with Crippen molar-refractivity contribution in [3.63, 3.8) is 0 Å². The second kappa shape index (κ2) is 7.06. The molecule has 2 rings (SSSR count). The molecule has 0 bridgehead atoms. The van der Waals surface area contributed by atoms with Gasteiger partial charge in [0, 0.05) is 21.8 Å². The first-order chi connectivity index (χ1) is 10.8. The predicted molar refractivity (Wildman–Crippen MR) is 85.6 cm³/mol. The standard InChI is InChI=1S/C16H10Cl2F3NO/c17-12-2-1-3-13(9-12)22-15(23)7-4-10-8-11(16(19,20)21)5-6-14(10)18/h1-9H,(H,22,23)/b7-4+. The third-order valence-electron chi connectivity index (χ3n) is 2.83. The van der Waals surface area contributed by atoms with Crippen molar-refractivity contribution in [1.29, 1.82) is 0 Å². The second-order valence-electron chi connectivity index (χ2n) is 4.57. The van der Waals surface area contributed by atoms with Crippen LogP contribution in [0.2, 0.25) is 10.0 Å². The zero-order chi connectivity index (χ0) is 17.0. The first-order valence-corrected chi connectivity index (χ1v) is 7.13. The molecule has 1 N–H and O–H groups in total. The number of hydrogen-bond acceptors (Lipinski definition) is 1. The van der Waals surface area contributed by atoms with Gasteiger partial charge in [-0.05, 0) is 48.0 Å². The summed E-state index contributed by atoms with van der Waals surface area (Å²) in [4.78, 5) is 11.8. The largest absolute Gasteiger partial charge is 0.416 e. The van der Waals surface area contributed by atoms with Gasteiger partial charge < -0.3 is 5.32 Å². The lowest BCUT2D eigenvalue weighted by atomic mass is 10.1. The molecular weight excluding hydrogens is 350 g/mol. The minimum absolute atomic E-state index is 0.0998. The van der Waals surface area contributed by atoms with Gasteiger partial charge in [0.15, 0.2) is 0 Å². The van der Waals surface area contributed by atoms with Crippen molar-refractivity contribution in [3.8, 4) is 0 Å². The average molecular weight is 360 g/mol. The number of carbonyl (C=O) groups is 1. The molecule has 0 radical (unpaired) electrons. The first-order valence-electron chi connectivity index (χ1n) is 6.37. The number of benzene rings is 2. The maximum atomic E-state index is 12.7. The second-order valence-corrected chi connectivity index (χ2v) is 5.41. The molecule has 0 aliphatic rings. The topological polar surface area (TPSA) is 29.1 Å². The molecule has 0 aliphatic heterocycles. The van der Waals surface area contributed by atoms with Crippen molar-refractivity contribution in [1.82, 2.24) is 0 Å². The lowest BCUT2D eigenvalue weighted by Crippen LogP contribution is -2.07. The Bertz CT molecular complexity index is 757. The summed E-state index contributed by atoms with van der Waals surface area (Å²) in [5, 5.41) is 3.11. The van der Waals surface area contributed by atoms with E-state index in [1.807, 2.05) is 0 Å². The van der Waals surface area contributed by atoms with Gasteiger partial charge in [0.2, 0.25) is 5.91 Å². The fraction of sp³-hybridized carbons (Fsp3) is 0.0625. The summed E-state index contributed by atoms with van der Waals surface area (Å²) in [6, 6.07) is 9.39. The van der Waals surface area contributed by atoms with Crippen LogP contribution < -0.4 is 5.32 Å². The highest BCUT2D eigenvalue weighted by Crippen LogP contribution is 2.32. The SMILES string of the molecule is O=C(/C=C/c1cc(C(F)(F)F)ccc1Cl)Nc1cccc(Cl)c1. The van der Waals surface area contributed by atoms with Crippen molar-refractivity contribution >= 4 is 40.9 Å². The molecule has 0 saturated carbocycles. The van der Waals surface area contributed by atoms with E-state index in [4.69, 9.17) is 23.2 Å². The highest BCUT2D eigenvalue weighted by atomic mass is 35.5. The highest BCUT2D eigenvalue weighted by Gasteiger charge is 2.30. The van der Waals surface area contributed by atoms with Crippen LogP contribution in [0.3, 0.4) is 0 Å². The van der Waals surface area contributed by atoms with E-state index >= 15 is 0 Å². The summed E-state index contributed by atoms with van der Waals surface area (Å²) in [6.07, 6.45) is -2.16. The number of anilines is 1. The van der Waals surface area contributed by atoms with Crippen molar-refractivity contribution in [3.05, 3.63) is 69.7 Å². The lowest BCUT2D eigenvalue weighted by Gasteiger charge is -2.08. The van der Waals surface area contributed by atoms with Gasteiger partial charge in [-0.25, -0.2) is 0 Å². The normalized spacial score (nSPS) is 11.7. The van der Waals surface area contributed by atoms with E-state index in [1.54, 1.807) is 24.3 Å². The maximum Gasteiger partial charge on any atom is 0.416 e. The van der Waals surface area contributed by atoms with Crippen LogP contribution in [-0.2, 0) is 11.0 Å². The molecule has 7 heteroatoms. The summed E-state index contributed by atoms with van der Waals surface area (Å²) >= 11 is 11.6. The lowest BCUT2D eigenvalue weighted by molar-refractivity contribution is -0.137. The van der Waals surface area contributed by atoms with Gasteiger partial charge >= 0.3 is 6.18 Å². The Balaban J connectivity index is 2.15. The van der Waals surface area contributed by atoms with Gasteiger partial charge in [-0.15, -0.1) is 0 Å². The molecule has 0 aliphatic carbocycles. The van der Waals surface area contributed by atoms with Crippen molar-refractivity contribution < 1.29 is 18.0 Å². The Labute approximate surface area is 140 Å². The van der Waals surface area contributed by atoms with Crippen LogP contribution in [0, 0.1) is 0 Å². The fourth-order valence-electron chi connectivity index (χ4n) is 1.76. The van der Waals surface area contributed by atoms with Crippen LogP contribution in [0.1, 0.15) is 11.1 Å². The van der Waals surface area contributed by atoms with E-state index in [0.29, 0.717) is 10.7 Å². The van der Waals surface area contributed by atoms with Gasteiger partial charge in [0.05, 0.1) is 5.56 Å². The number of rotatable bonds is 3. The summed E-state index contributed by atoms with van der Waals surface area (Å²) in [7, 11) is 0. The molecule has 1 amide bonds. The van der Waals surface area contributed by atoms with E-state index in [-0.39, 0.29) is 10.6 Å². The Kier molecular flexibility index (Phi) is 5.34. The number of amides is 1. The molecule has 0 saturated heterocycles. The number of nitrogens with one attached hydrogen (secondary N) is 1. The van der Waals surface area contributed by atoms with Gasteiger partial charge in [-0.1, -0.05) is 29.3 Å².